The molecule has 1 aromatic carbocycles. The van der Waals surface area contributed by atoms with Crippen molar-refractivity contribution in [2.24, 2.45) is 5.41 Å². The summed E-state index contributed by atoms with van der Waals surface area (Å²) in [4.78, 5) is 0. The fraction of sp³-hybridized carbons (Fsp3) is 0.455. The van der Waals surface area contributed by atoms with Gasteiger partial charge in [0.1, 0.15) is 5.75 Å². The highest BCUT2D eigenvalue weighted by Crippen LogP contribution is 2.26. The van der Waals surface area contributed by atoms with Crippen molar-refractivity contribution in [1.29, 1.82) is 0 Å². The van der Waals surface area contributed by atoms with Gasteiger partial charge in [-0.25, -0.2) is 0 Å². The predicted molar refractivity (Wildman–Crippen MR) is 69.6 cm³/mol. The van der Waals surface area contributed by atoms with Crippen LogP contribution in [-0.4, -0.2) is 12.4 Å². The minimum atomic E-state index is 0.0396. The molecule has 0 saturated heterocycles. The molecule has 4 heteroatoms. The lowest BCUT2D eigenvalue weighted by Gasteiger charge is -2.22. The number of rotatable bonds is 4. The van der Waals surface area contributed by atoms with Crippen LogP contribution in [0.2, 0.25) is 10.0 Å². The van der Waals surface area contributed by atoms with Gasteiger partial charge in [-0.05, 0) is 24.0 Å². The van der Waals surface area contributed by atoms with Crippen molar-refractivity contribution in [1.82, 2.24) is 0 Å². The minimum Gasteiger partial charge on any atom is -0.493 e. The van der Waals surface area contributed by atoms with Crippen molar-refractivity contribution in [3.8, 4) is 5.75 Å². The lowest BCUT2D eigenvalue weighted by atomic mass is 9.98. The molecule has 0 amide bonds. The van der Waals surface area contributed by atoms with Crippen LogP contribution >= 0.6 is 35.8 Å². The Morgan fingerprint density at radius 3 is 2.20 bits per heavy atom. The van der Waals surface area contributed by atoms with E-state index in [0.717, 1.165) is 5.75 Å². The highest BCUT2D eigenvalue weighted by Gasteiger charge is 2.16. The molecular weight excluding hydrogens is 251 g/mol. The molecule has 0 aliphatic carbocycles. The summed E-state index contributed by atoms with van der Waals surface area (Å²) in [5, 5.41) is 1.17. The summed E-state index contributed by atoms with van der Waals surface area (Å²) < 4.78 is 5.61. The first kappa shape index (κ1) is 13.0. The molecule has 0 unspecified atom stereocenters. The topological polar surface area (TPSA) is 9.23 Å². The fourth-order valence-electron chi connectivity index (χ4n) is 0.936. The third kappa shape index (κ3) is 4.54. The molecule has 0 aromatic heterocycles. The van der Waals surface area contributed by atoms with E-state index >= 15 is 0 Å². The Kier molecular flexibility index (Phi) is 4.63. The maximum Gasteiger partial charge on any atom is 0.122 e. The zero-order valence-corrected chi connectivity index (χ0v) is 11.2. The Bertz CT molecular complexity index is 319. The second-order valence-corrected chi connectivity index (χ2v) is 5.41. The van der Waals surface area contributed by atoms with E-state index in [1.165, 1.54) is 0 Å². The van der Waals surface area contributed by atoms with Gasteiger partial charge in [-0.3, -0.25) is 0 Å². The van der Waals surface area contributed by atoms with E-state index in [2.05, 4.69) is 26.5 Å². The molecule has 1 nitrogen and oxygen atoms in total. The van der Waals surface area contributed by atoms with Gasteiger partial charge in [-0.2, -0.15) is 12.6 Å². The van der Waals surface area contributed by atoms with Gasteiger partial charge in [-0.15, -0.1) is 0 Å². The molecule has 0 N–H and O–H groups in total. The average molecular weight is 265 g/mol. The molecule has 0 heterocycles. The zero-order valence-electron chi connectivity index (χ0n) is 8.76. The molecule has 0 fully saturated rings. The van der Waals surface area contributed by atoms with Crippen molar-refractivity contribution in [3.05, 3.63) is 28.2 Å². The predicted octanol–water partition coefficient (Wildman–Crippen LogP) is 4.33. The lowest BCUT2D eigenvalue weighted by molar-refractivity contribution is 0.202. The molecule has 0 atom stereocenters. The van der Waals surface area contributed by atoms with E-state index in [1.807, 2.05) is 0 Å². The Balaban J connectivity index is 2.65. The summed E-state index contributed by atoms with van der Waals surface area (Å²) in [5.74, 6) is 1.46. The van der Waals surface area contributed by atoms with Crippen molar-refractivity contribution >= 4 is 35.8 Å². The van der Waals surface area contributed by atoms with Crippen LogP contribution in [0.1, 0.15) is 13.8 Å². The molecule has 1 aromatic rings. The lowest BCUT2D eigenvalue weighted by Crippen LogP contribution is -2.23. The summed E-state index contributed by atoms with van der Waals surface area (Å²) in [6.45, 7) is 4.77. The molecule has 0 aliphatic rings. The third-order valence-corrected chi connectivity index (χ3v) is 3.19. The summed E-state index contributed by atoms with van der Waals surface area (Å²) >= 11 is 16.0. The molecule has 0 radical (unpaired) electrons. The SMILES string of the molecule is CC(C)(CS)COc1cc(Cl)cc(Cl)c1. The van der Waals surface area contributed by atoms with Crippen LogP contribution in [0, 0.1) is 5.41 Å². The highest BCUT2D eigenvalue weighted by molar-refractivity contribution is 7.80. The first-order valence-corrected chi connectivity index (χ1v) is 6.01. The standard InChI is InChI=1S/C11H14Cl2OS/c1-11(2,7-15)6-14-10-4-8(12)3-9(13)5-10/h3-5,15H,6-7H2,1-2H3. The van der Waals surface area contributed by atoms with Gasteiger partial charge in [0.05, 0.1) is 6.61 Å². The van der Waals surface area contributed by atoms with Gasteiger partial charge in [0, 0.05) is 15.5 Å². The van der Waals surface area contributed by atoms with Crippen LogP contribution in [0.15, 0.2) is 18.2 Å². The van der Waals surface area contributed by atoms with Crippen molar-refractivity contribution < 1.29 is 4.74 Å². The summed E-state index contributed by atoms with van der Waals surface area (Å²) in [5.41, 5.74) is 0.0396. The van der Waals surface area contributed by atoms with Crippen molar-refractivity contribution in [3.63, 3.8) is 0 Å². The normalized spacial score (nSPS) is 11.5. The highest BCUT2D eigenvalue weighted by atomic mass is 35.5. The number of halogens is 2. The molecule has 0 aliphatic heterocycles. The number of ether oxygens (including phenoxy) is 1. The van der Waals surface area contributed by atoms with E-state index in [4.69, 9.17) is 27.9 Å². The van der Waals surface area contributed by atoms with Gasteiger partial charge >= 0.3 is 0 Å². The quantitative estimate of drug-likeness (QED) is 0.797. The van der Waals surface area contributed by atoms with Crippen LogP contribution in [0.4, 0.5) is 0 Å². The van der Waals surface area contributed by atoms with Crippen LogP contribution in [-0.2, 0) is 0 Å². The first-order valence-electron chi connectivity index (χ1n) is 4.63. The van der Waals surface area contributed by atoms with Crippen LogP contribution in [0.25, 0.3) is 0 Å². The molecule has 15 heavy (non-hydrogen) atoms. The largest absolute Gasteiger partial charge is 0.493 e. The maximum atomic E-state index is 5.85. The monoisotopic (exact) mass is 264 g/mol. The number of hydrogen-bond donors (Lipinski definition) is 1. The van der Waals surface area contributed by atoms with Crippen molar-refractivity contribution in [2.45, 2.75) is 13.8 Å². The summed E-state index contributed by atoms with van der Waals surface area (Å²) in [6.07, 6.45) is 0. The molecule has 0 bridgehead atoms. The summed E-state index contributed by atoms with van der Waals surface area (Å²) in [7, 11) is 0. The minimum absolute atomic E-state index is 0.0396. The second kappa shape index (κ2) is 5.33. The molecule has 0 saturated carbocycles. The first-order chi connectivity index (χ1) is 6.93. The van der Waals surface area contributed by atoms with Crippen LogP contribution in [0.5, 0.6) is 5.75 Å². The second-order valence-electron chi connectivity index (χ2n) is 4.22. The van der Waals surface area contributed by atoms with Crippen LogP contribution < -0.4 is 4.74 Å². The Morgan fingerprint density at radius 2 is 1.73 bits per heavy atom. The molecule has 0 spiro atoms. The van der Waals surface area contributed by atoms with Gasteiger partial charge in [-0.1, -0.05) is 37.0 Å². The van der Waals surface area contributed by atoms with Gasteiger partial charge in [0.25, 0.3) is 0 Å². The smallest absolute Gasteiger partial charge is 0.122 e. The Morgan fingerprint density at radius 1 is 1.20 bits per heavy atom. The molecular formula is C11H14Cl2OS. The molecule has 84 valence electrons. The van der Waals surface area contributed by atoms with Crippen LogP contribution in [0.3, 0.4) is 0 Å². The maximum absolute atomic E-state index is 5.85. The fourth-order valence-corrected chi connectivity index (χ4v) is 1.53. The Labute approximate surface area is 106 Å². The van der Waals surface area contributed by atoms with E-state index in [0.29, 0.717) is 22.4 Å². The average Bonchev–Trinajstić information content (AvgIpc) is 2.14. The Hall–Kier alpha value is -0.0500. The summed E-state index contributed by atoms with van der Waals surface area (Å²) in [6, 6.07) is 5.18. The van der Waals surface area contributed by atoms with E-state index < -0.39 is 0 Å². The zero-order chi connectivity index (χ0) is 11.5. The van der Waals surface area contributed by atoms with Gasteiger partial charge in [0.2, 0.25) is 0 Å². The van der Waals surface area contributed by atoms with E-state index in [1.54, 1.807) is 18.2 Å². The van der Waals surface area contributed by atoms with Gasteiger partial charge < -0.3 is 4.74 Å². The van der Waals surface area contributed by atoms with E-state index in [9.17, 15) is 0 Å². The third-order valence-electron chi connectivity index (χ3n) is 1.89. The van der Waals surface area contributed by atoms with Gasteiger partial charge in [0.15, 0.2) is 0 Å². The van der Waals surface area contributed by atoms with Crippen molar-refractivity contribution in [2.75, 3.05) is 12.4 Å². The number of thiol groups is 1. The van der Waals surface area contributed by atoms with E-state index in [-0.39, 0.29) is 5.41 Å². The molecule has 1 rings (SSSR count). The number of hydrogen-bond acceptors (Lipinski definition) is 2. The number of benzene rings is 1.